The maximum absolute atomic E-state index is 12.3. The molecule has 0 saturated carbocycles. The van der Waals surface area contributed by atoms with Gasteiger partial charge in [-0.3, -0.25) is 4.79 Å². The number of rotatable bonds is 5. The lowest BCUT2D eigenvalue weighted by Crippen LogP contribution is -2.13. The summed E-state index contributed by atoms with van der Waals surface area (Å²) in [6, 6.07) is 12.7. The SMILES string of the molecule is Cc1ccc(S(C)(=O)=O)cc1NC(=O)CCc1c[nH]c2ccccc12. The van der Waals surface area contributed by atoms with Crippen molar-refractivity contribution in [1.29, 1.82) is 0 Å². The van der Waals surface area contributed by atoms with Gasteiger partial charge in [0.25, 0.3) is 0 Å². The molecule has 0 spiro atoms. The molecule has 5 nitrogen and oxygen atoms in total. The summed E-state index contributed by atoms with van der Waals surface area (Å²) in [5.74, 6) is -0.140. The van der Waals surface area contributed by atoms with Crippen molar-refractivity contribution in [3.63, 3.8) is 0 Å². The van der Waals surface area contributed by atoms with Crippen LogP contribution in [0.5, 0.6) is 0 Å². The van der Waals surface area contributed by atoms with Gasteiger partial charge in [0.15, 0.2) is 9.84 Å². The topological polar surface area (TPSA) is 79.0 Å². The third-order valence-corrected chi connectivity index (χ3v) is 5.32. The highest BCUT2D eigenvalue weighted by molar-refractivity contribution is 7.90. The number of H-pyrrole nitrogens is 1. The Morgan fingerprint density at radius 2 is 1.92 bits per heavy atom. The number of anilines is 1. The van der Waals surface area contributed by atoms with E-state index in [1.165, 1.54) is 6.07 Å². The van der Waals surface area contributed by atoms with Crippen LogP contribution < -0.4 is 5.32 Å². The second-order valence-corrected chi connectivity index (χ2v) is 8.17. The van der Waals surface area contributed by atoms with Gasteiger partial charge in [-0.05, 0) is 42.7 Å². The molecule has 6 heteroatoms. The number of aromatic amines is 1. The Bertz CT molecular complexity index is 1040. The number of sulfone groups is 1. The molecule has 0 aliphatic rings. The molecule has 0 atom stereocenters. The van der Waals surface area contributed by atoms with Gasteiger partial charge in [-0.25, -0.2) is 8.42 Å². The van der Waals surface area contributed by atoms with Gasteiger partial charge in [0.2, 0.25) is 5.91 Å². The van der Waals surface area contributed by atoms with E-state index < -0.39 is 9.84 Å². The molecule has 3 aromatic rings. The molecule has 25 heavy (non-hydrogen) atoms. The van der Waals surface area contributed by atoms with Gasteiger partial charge in [0.1, 0.15) is 0 Å². The van der Waals surface area contributed by atoms with E-state index in [9.17, 15) is 13.2 Å². The quantitative estimate of drug-likeness (QED) is 0.735. The fourth-order valence-electron chi connectivity index (χ4n) is 2.77. The van der Waals surface area contributed by atoms with Crippen LogP contribution in [0.25, 0.3) is 10.9 Å². The first kappa shape index (κ1) is 17.2. The van der Waals surface area contributed by atoms with Crippen LogP contribution >= 0.6 is 0 Å². The zero-order valence-electron chi connectivity index (χ0n) is 14.2. The number of fused-ring (bicyclic) bond motifs is 1. The van der Waals surface area contributed by atoms with Crippen molar-refractivity contribution in [2.24, 2.45) is 0 Å². The largest absolute Gasteiger partial charge is 0.361 e. The molecule has 2 aromatic carbocycles. The number of para-hydroxylation sites is 1. The van der Waals surface area contributed by atoms with Gasteiger partial charge in [0, 0.05) is 35.5 Å². The van der Waals surface area contributed by atoms with E-state index >= 15 is 0 Å². The molecule has 0 aliphatic carbocycles. The maximum atomic E-state index is 12.3. The van der Waals surface area contributed by atoms with Crippen molar-refractivity contribution in [2.75, 3.05) is 11.6 Å². The minimum absolute atomic E-state index is 0.140. The molecule has 0 unspecified atom stereocenters. The number of benzene rings is 2. The highest BCUT2D eigenvalue weighted by atomic mass is 32.2. The van der Waals surface area contributed by atoms with Gasteiger partial charge in [-0.1, -0.05) is 24.3 Å². The lowest BCUT2D eigenvalue weighted by atomic mass is 10.1. The highest BCUT2D eigenvalue weighted by Crippen LogP contribution is 2.22. The average Bonchev–Trinajstić information content (AvgIpc) is 2.97. The number of nitrogens with one attached hydrogen (secondary N) is 2. The van der Waals surface area contributed by atoms with E-state index in [1.807, 2.05) is 37.4 Å². The molecular weight excluding hydrogens is 336 g/mol. The third kappa shape index (κ3) is 3.91. The Hall–Kier alpha value is -2.60. The number of hydrogen-bond acceptors (Lipinski definition) is 3. The smallest absolute Gasteiger partial charge is 0.224 e. The first-order chi connectivity index (χ1) is 11.8. The molecule has 1 aromatic heterocycles. The fourth-order valence-corrected chi connectivity index (χ4v) is 3.41. The third-order valence-electron chi connectivity index (χ3n) is 4.21. The summed E-state index contributed by atoms with van der Waals surface area (Å²) in [6.45, 7) is 1.83. The lowest BCUT2D eigenvalue weighted by molar-refractivity contribution is -0.116. The van der Waals surface area contributed by atoms with Crippen LogP contribution in [0.1, 0.15) is 17.5 Å². The van der Waals surface area contributed by atoms with Gasteiger partial charge in [0.05, 0.1) is 4.90 Å². The predicted molar refractivity (Wildman–Crippen MR) is 99.5 cm³/mol. The van der Waals surface area contributed by atoms with E-state index in [0.29, 0.717) is 18.5 Å². The van der Waals surface area contributed by atoms with Crippen molar-refractivity contribution in [2.45, 2.75) is 24.7 Å². The monoisotopic (exact) mass is 356 g/mol. The van der Waals surface area contributed by atoms with Crippen LogP contribution in [0, 0.1) is 6.92 Å². The second kappa shape index (κ2) is 6.72. The summed E-state index contributed by atoms with van der Waals surface area (Å²) in [6.07, 6.45) is 4.01. The van der Waals surface area contributed by atoms with Gasteiger partial charge in [-0.15, -0.1) is 0 Å². The zero-order chi connectivity index (χ0) is 18.0. The molecule has 1 heterocycles. The fraction of sp³-hybridized carbons (Fsp3) is 0.211. The summed E-state index contributed by atoms with van der Waals surface area (Å²) in [4.78, 5) is 15.7. The van der Waals surface area contributed by atoms with Crippen molar-refractivity contribution >= 4 is 32.3 Å². The van der Waals surface area contributed by atoms with Crippen LogP contribution in [-0.2, 0) is 21.1 Å². The molecule has 3 rings (SSSR count). The summed E-state index contributed by atoms with van der Waals surface area (Å²) < 4.78 is 23.3. The molecule has 130 valence electrons. The Morgan fingerprint density at radius 1 is 1.16 bits per heavy atom. The number of carbonyl (C=O) groups is 1. The minimum atomic E-state index is -3.31. The number of aromatic nitrogens is 1. The molecule has 0 saturated heterocycles. The first-order valence-electron chi connectivity index (χ1n) is 8.00. The van der Waals surface area contributed by atoms with Crippen LogP contribution in [0.2, 0.25) is 0 Å². The van der Waals surface area contributed by atoms with Gasteiger partial charge in [-0.2, -0.15) is 0 Å². The molecular formula is C19H20N2O3S. The lowest BCUT2D eigenvalue weighted by Gasteiger charge is -2.10. The Kier molecular flexibility index (Phi) is 4.63. The molecule has 1 amide bonds. The van der Waals surface area contributed by atoms with Crippen molar-refractivity contribution in [3.05, 3.63) is 59.8 Å². The minimum Gasteiger partial charge on any atom is -0.361 e. The van der Waals surface area contributed by atoms with Crippen molar-refractivity contribution < 1.29 is 13.2 Å². The number of aryl methyl sites for hydroxylation is 2. The van der Waals surface area contributed by atoms with E-state index in [2.05, 4.69) is 10.3 Å². The first-order valence-corrected chi connectivity index (χ1v) is 9.89. The molecule has 0 fully saturated rings. The van der Waals surface area contributed by atoms with Crippen molar-refractivity contribution in [1.82, 2.24) is 4.98 Å². The van der Waals surface area contributed by atoms with Crippen LogP contribution in [0.15, 0.2) is 53.6 Å². The average molecular weight is 356 g/mol. The van der Waals surface area contributed by atoms with Crippen LogP contribution in [0.3, 0.4) is 0 Å². The standard InChI is InChI=1S/C19H20N2O3S/c1-13-7-9-15(25(2,23)24)11-18(13)21-19(22)10-8-14-12-20-17-6-4-3-5-16(14)17/h3-7,9,11-12,20H,8,10H2,1-2H3,(H,21,22). The van der Waals surface area contributed by atoms with E-state index in [4.69, 9.17) is 0 Å². The number of carbonyl (C=O) groups excluding carboxylic acids is 1. The van der Waals surface area contributed by atoms with E-state index in [1.54, 1.807) is 12.1 Å². The molecule has 0 radical (unpaired) electrons. The van der Waals surface area contributed by atoms with Gasteiger partial charge >= 0.3 is 0 Å². The Morgan fingerprint density at radius 3 is 2.68 bits per heavy atom. The van der Waals surface area contributed by atoms with Crippen LogP contribution in [0.4, 0.5) is 5.69 Å². The van der Waals surface area contributed by atoms with Gasteiger partial charge < -0.3 is 10.3 Å². The summed E-state index contributed by atoms with van der Waals surface area (Å²) in [7, 11) is -3.31. The molecule has 0 aliphatic heterocycles. The van der Waals surface area contributed by atoms with E-state index in [-0.39, 0.29) is 10.8 Å². The predicted octanol–water partition coefficient (Wildman–Crippen LogP) is 3.45. The van der Waals surface area contributed by atoms with Crippen LogP contribution in [-0.4, -0.2) is 25.6 Å². The number of amides is 1. The van der Waals surface area contributed by atoms with Crippen molar-refractivity contribution in [3.8, 4) is 0 Å². The van der Waals surface area contributed by atoms with E-state index in [0.717, 1.165) is 28.3 Å². The summed E-state index contributed by atoms with van der Waals surface area (Å²) in [5.41, 5.74) is 3.50. The number of hydrogen-bond donors (Lipinski definition) is 2. The molecule has 2 N–H and O–H groups in total. The normalized spacial score (nSPS) is 11.6. The molecule has 0 bridgehead atoms. The summed E-state index contributed by atoms with van der Waals surface area (Å²) >= 11 is 0. The Balaban J connectivity index is 1.71. The highest BCUT2D eigenvalue weighted by Gasteiger charge is 2.12. The Labute approximate surface area is 147 Å². The maximum Gasteiger partial charge on any atom is 0.224 e. The zero-order valence-corrected chi connectivity index (χ0v) is 15.0. The second-order valence-electron chi connectivity index (χ2n) is 6.16. The summed E-state index contributed by atoms with van der Waals surface area (Å²) in [5, 5.41) is 3.94.